The molecule has 5 heteroatoms. The molecule has 4 aliphatic rings. The molecule has 0 radical (unpaired) electrons. The lowest BCUT2D eigenvalue weighted by Crippen LogP contribution is -2.58. The molecule has 1 heterocycles. The largest absolute Gasteiger partial charge is 0.458 e. The number of carbonyl (C=O) groups excluding carboxylic acids is 1. The predicted octanol–water partition coefficient (Wildman–Crippen LogP) is 3.50. The molecule has 168 valence electrons. The summed E-state index contributed by atoms with van der Waals surface area (Å²) in [5.74, 6) is 0.307. The van der Waals surface area contributed by atoms with Crippen molar-refractivity contribution in [1.82, 2.24) is 5.32 Å². The lowest BCUT2D eigenvalue weighted by Gasteiger charge is -2.60. The van der Waals surface area contributed by atoms with Crippen LogP contribution < -0.4 is 5.32 Å². The summed E-state index contributed by atoms with van der Waals surface area (Å²) in [6.07, 6.45) is 10.7. The molecule has 5 nitrogen and oxygen atoms in total. The summed E-state index contributed by atoms with van der Waals surface area (Å²) in [5.41, 5.74) is 1.52. The van der Waals surface area contributed by atoms with Crippen molar-refractivity contribution in [2.75, 3.05) is 13.2 Å². The van der Waals surface area contributed by atoms with Crippen LogP contribution in [0.3, 0.4) is 0 Å². The van der Waals surface area contributed by atoms with Gasteiger partial charge in [0.05, 0.1) is 18.3 Å². The number of allylic oxidation sites excluding steroid dienone is 1. The Morgan fingerprint density at radius 2 is 2.00 bits per heavy atom. The zero-order chi connectivity index (χ0) is 21.5. The number of rotatable bonds is 6. The molecule has 0 bridgehead atoms. The zero-order valence-corrected chi connectivity index (χ0v) is 18.7. The lowest BCUT2D eigenvalue weighted by atomic mass is 9.46. The Labute approximate surface area is 181 Å². The highest BCUT2D eigenvalue weighted by atomic mass is 16.5. The normalized spacial score (nSPS) is 40.8. The van der Waals surface area contributed by atoms with Crippen LogP contribution >= 0.6 is 0 Å². The van der Waals surface area contributed by atoms with Gasteiger partial charge in [-0.05, 0) is 68.3 Å². The molecule has 3 aliphatic carbocycles. The number of aliphatic hydroxyl groups is 2. The van der Waals surface area contributed by atoms with Gasteiger partial charge in [0.25, 0.3) is 0 Å². The van der Waals surface area contributed by atoms with Gasteiger partial charge in [-0.15, -0.1) is 0 Å². The van der Waals surface area contributed by atoms with E-state index in [1.54, 1.807) is 0 Å². The van der Waals surface area contributed by atoms with Gasteiger partial charge in [-0.25, -0.2) is 4.79 Å². The Morgan fingerprint density at radius 1 is 1.27 bits per heavy atom. The minimum Gasteiger partial charge on any atom is -0.458 e. The maximum absolute atomic E-state index is 12.4. The van der Waals surface area contributed by atoms with E-state index in [2.05, 4.69) is 25.7 Å². The molecule has 0 aromatic rings. The first-order valence-electron chi connectivity index (χ1n) is 11.9. The van der Waals surface area contributed by atoms with Gasteiger partial charge in [-0.3, -0.25) is 0 Å². The molecule has 0 aromatic carbocycles. The van der Waals surface area contributed by atoms with Crippen molar-refractivity contribution in [1.29, 1.82) is 0 Å². The highest BCUT2D eigenvalue weighted by Gasteiger charge is 2.58. The van der Waals surface area contributed by atoms with Gasteiger partial charge in [0.1, 0.15) is 6.61 Å². The molecule has 30 heavy (non-hydrogen) atoms. The highest BCUT2D eigenvalue weighted by Crippen LogP contribution is 2.61. The van der Waals surface area contributed by atoms with Gasteiger partial charge >= 0.3 is 5.97 Å². The third-order valence-corrected chi connectivity index (χ3v) is 9.09. The van der Waals surface area contributed by atoms with E-state index in [9.17, 15) is 15.0 Å². The minimum atomic E-state index is -0.480. The van der Waals surface area contributed by atoms with Crippen LogP contribution in [0.4, 0.5) is 0 Å². The molecule has 0 saturated heterocycles. The summed E-state index contributed by atoms with van der Waals surface area (Å²) < 4.78 is 5.26. The summed E-state index contributed by atoms with van der Waals surface area (Å²) in [7, 11) is 0. The maximum Gasteiger partial charge on any atom is 0.335 e. The van der Waals surface area contributed by atoms with Gasteiger partial charge in [-0.2, -0.15) is 0 Å². The van der Waals surface area contributed by atoms with E-state index in [0.717, 1.165) is 31.3 Å². The summed E-state index contributed by atoms with van der Waals surface area (Å²) in [6, 6.07) is 0.438. The second-order valence-electron chi connectivity index (χ2n) is 10.7. The quantitative estimate of drug-likeness (QED) is 0.455. The van der Waals surface area contributed by atoms with Crippen molar-refractivity contribution in [2.45, 2.75) is 89.8 Å². The molecule has 1 aliphatic heterocycles. The van der Waals surface area contributed by atoms with Crippen LogP contribution in [-0.4, -0.2) is 47.6 Å². The smallest absolute Gasteiger partial charge is 0.335 e. The molecule has 3 N–H and O–H groups in total. The zero-order valence-electron chi connectivity index (χ0n) is 18.7. The third-order valence-electron chi connectivity index (χ3n) is 9.09. The lowest BCUT2D eigenvalue weighted by molar-refractivity contribution is -0.153. The number of cyclic esters (lactones) is 1. The molecule has 4 rings (SSSR count). The van der Waals surface area contributed by atoms with Crippen LogP contribution in [0.1, 0.15) is 71.6 Å². The van der Waals surface area contributed by atoms with Crippen molar-refractivity contribution >= 4 is 5.97 Å². The van der Waals surface area contributed by atoms with E-state index in [-0.39, 0.29) is 35.9 Å². The summed E-state index contributed by atoms with van der Waals surface area (Å²) in [5, 5.41) is 24.8. The van der Waals surface area contributed by atoms with E-state index < -0.39 is 11.5 Å². The molecule has 0 aromatic heterocycles. The van der Waals surface area contributed by atoms with Crippen LogP contribution in [0.2, 0.25) is 0 Å². The van der Waals surface area contributed by atoms with Gasteiger partial charge < -0.3 is 20.3 Å². The van der Waals surface area contributed by atoms with Crippen LogP contribution in [0.5, 0.6) is 0 Å². The molecule has 0 spiro atoms. The average Bonchev–Trinajstić information content (AvgIpc) is 3.38. The monoisotopic (exact) mass is 417 g/mol. The van der Waals surface area contributed by atoms with Crippen LogP contribution in [0.25, 0.3) is 0 Å². The van der Waals surface area contributed by atoms with Crippen molar-refractivity contribution in [3.63, 3.8) is 0 Å². The van der Waals surface area contributed by atoms with Crippen molar-refractivity contribution in [2.24, 2.45) is 22.7 Å². The van der Waals surface area contributed by atoms with E-state index in [1.165, 1.54) is 31.3 Å². The van der Waals surface area contributed by atoms with E-state index in [0.29, 0.717) is 19.1 Å². The SMILES string of the molecule is C=C1CCC2C(C)(CO)C(O)CCC2(C)C1CC(NC1CCCC1)C1=CCOC1=O. The van der Waals surface area contributed by atoms with Crippen molar-refractivity contribution in [3.8, 4) is 0 Å². The second-order valence-corrected chi connectivity index (χ2v) is 10.7. The highest BCUT2D eigenvalue weighted by molar-refractivity contribution is 5.91. The predicted molar refractivity (Wildman–Crippen MR) is 117 cm³/mol. The number of aliphatic hydroxyl groups excluding tert-OH is 2. The van der Waals surface area contributed by atoms with Gasteiger partial charge in [0.2, 0.25) is 0 Å². The summed E-state index contributed by atoms with van der Waals surface area (Å²) in [4.78, 5) is 12.4. The maximum atomic E-state index is 12.4. The number of esters is 1. The minimum absolute atomic E-state index is 0.00878. The van der Waals surface area contributed by atoms with Crippen molar-refractivity contribution in [3.05, 3.63) is 23.8 Å². The molecular weight excluding hydrogens is 378 g/mol. The van der Waals surface area contributed by atoms with Crippen molar-refractivity contribution < 1.29 is 19.7 Å². The van der Waals surface area contributed by atoms with Gasteiger partial charge in [0.15, 0.2) is 0 Å². The van der Waals surface area contributed by atoms with Crippen LogP contribution in [0, 0.1) is 22.7 Å². The Hall–Kier alpha value is -1.17. The molecule has 3 fully saturated rings. The second kappa shape index (κ2) is 8.40. The number of carbonyl (C=O) groups is 1. The molecule has 3 saturated carbocycles. The first-order valence-corrected chi connectivity index (χ1v) is 11.9. The van der Waals surface area contributed by atoms with Crippen LogP contribution in [0.15, 0.2) is 23.8 Å². The molecule has 6 unspecified atom stereocenters. The number of fused-ring (bicyclic) bond motifs is 1. The fraction of sp³-hybridized carbons (Fsp3) is 0.800. The Balaban J connectivity index is 1.62. The van der Waals surface area contributed by atoms with Gasteiger partial charge in [-0.1, -0.05) is 38.8 Å². The standard InChI is InChI=1S/C25H39NO4/c1-16-8-9-21-24(2,12-10-22(28)25(21,3)15-27)19(16)14-20(18-11-13-30-23(18)29)26-17-6-4-5-7-17/h11,17,19-22,26-28H,1,4-10,12-15H2,2-3H3. The Kier molecular flexibility index (Phi) is 6.17. The fourth-order valence-corrected chi connectivity index (χ4v) is 7.19. The topological polar surface area (TPSA) is 78.8 Å². The van der Waals surface area contributed by atoms with E-state index in [1.807, 2.05) is 6.08 Å². The molecule has 0 amide bonds. The number of hydrogen-bond donors (Lipinski definition) is 3. The molecular formula is C25H39NO4. The van der Waals surface area contributed by atoms with Crippen LogP contribution in [-0.2, 0) is 9.53 Å². The Bertz CT molecular complexity index is 712. The number of ether oxygens (including phenoxy) is 1. The number of nitrogens with one attached hydrogen (secondary N) is 1. The Morgan fingerprint density at radius 3 is 2.63 bits per heavy atom. The fourth-order valence-electron chi connectivity index (χ4n) is 7.19. The van der Waals surface area contributed by atoms with Gasteiger partial charge in [0, 0.05) is 17.5 Å². The molecule has 6 atom stereocenters. The average molecular weight is 418 g/mol. The number of hydrogen-bond acceptors (Lipinski definition) is 5. The first kappa shape index (κ1) is 22.0. The first-order chi connectivity index (χ1) is 14.3. The van der Waals surface area contributed by atoms with E-state index >= 15 is 0 Å². The summed E-state index contributed by atoms with van der Waals surface area (Å²) in [6.45, 7) is 9.23. The third kappa shape index (κ3) is 3.67. The summed E-state index contributed by atoms with van der Waals surface area (Å²) >= 11 is 0. The van der Waals surface area contributed by atoms with E-state index in [4.69, 9.17) is 4.74 Å².